The second kappa shape index (κ2) is 6.08. The Morgan fingerprint density at radius 3 is 2.70 bits per heavy atom. The van der Waals surface area contributed by atoms with E-state index in [0.717, 1.165) is 16.8 Å². The molecule has 3 aromatic rings. The molecule has 3 rings (SSSR count). The summed E-state index contributed by atoms with van der Waals surface area (Å²) in [6, 6.07) is 11.0. The molecule has 23 heavy (non-hydrogen) atoms. The predicted octanol–water partition coefficient (Wildman–Crippen LogP) is 2.87. The highest BCUT2D eigenvalue weighted by Crippen LogP contribution is 2.21. The Morgan fingerprint density at radius 2 is 2.04 bits per heavy atom. The van der Waals surface area contributed by atoms with E-state index in [0.29, 0.717) is 5.76 Å². The summed E-state index contributed by atoms with van der Waals surface area (Å²) < 4.78 is 6.99. The zero-order valence-electron chi connectivity index (χ0n) is 13.3. The molecule has 0 saturated carbocycles. The number of amides is 1. The van der Waals surface area contributed by atoms with Gasteiger partial charge < -0.3 is 9.84 Å². The van der Waals surface area contributed by atoms with Gasteiger partial charge in [-0.25, -0.2) is 0 Å². The molecule has 0 aliphatic rings. The number of nitrogens with zero attached hydrogens (tertiary/aromatic N) is 3. The van der Waals surface area contributed by atoms with E-state index in [1.807, 2.05) is 57.4 Å². The summed E-state index contributed by atoms with van der Waals surface area (Å²) in [5.41, 5.74) is 3.02. The second-order valence-electron chi connectivity index (χ2n) is 5.48. The van der Waals surface area contributed by atoms with Gasteiger partial charge in [0.25, 0.3) is 5.91 Å². The van der Waals surface area contributed by atoms with Gasteiger partial charge in [0.05, 0.1) is 11.7 Å². The highest BCUT2D eigenvalue weighted by atomic mass is 16.5. The number of aryl methyl sites for hydroxylation is 2. The van der Waals surface area contributed by atoms with Crippen LogP contribution in [0.25, 0.3) is 11.3 Å². The average Bonchev–Trinajstić information content (AvgIpc) is 3.15. The smallest absolute Gasteiger partial charge is 0.273 e. The van der Waals surface area contributed by atoms with Crippen molar-refractivity contribution < 1.29 is 9.32 Å². The number of benzene rings is 1. The van der Waals surface area contributed by atoms with Crippen molar-refractivity contribution in [3.05, 3.63) is 59.5 Å². The maximum absolute atomic E-state index is 12.3. The first-order valence-corrected chi connectivity index (χ1v) is 7.37. The van der Waals surface area contributed by atoms with E-state index in [2.05, 4.69) is 15.6 Å². The lowest BCUT2D eigenvalue weighted by molar-refractivity contribution is 0.0930. The minimum atomic E-state index is -0.272. The summed E-state index contributed by atoms with van der Waals surface area (Å²) in [5, 5.41) is 11.1. The molecule has 0 bridgehead atoms. The third-order valence-electron chi connectivity index (χ3n) is 3.67. The van der Waals surface area contributed by atoms with Crippen LogP contribution in [0.2, 0.25) is 0 Å². The van der Waals surface area contributed by atoms with E-state index in [1.165, 1.54) is 0 Å². The summed E-state index contributed by atoms with van der Waals surface area (Å²) in [6.45, 7) is 3.84. The van der Waals surface area contributed by atoms with Crippen LogP contribution in [0.15, 0.2) is 47.1 Å². The Balaban J connectivity index is 1.74. The van der Waals surface area contributed by atoms with E-state index < -0.39 is 0 Å². The fourth-order valence-corrected chi connectivity index (χ4v) is 2.51. The van der Waals surface area contributed by atoms with Gasteiger partial charge in [0.2, 0.25) is 0 Å². The normalized spacial score (nSPS) is 12.1. The van der Waals surface area contributed by atoms with Crippen LogP contribution in [-0.2, 0) is 7.05 Å². The van der Waals surface area contributed by atoms with Gasteiger partial charge in [0.1, 0.15) is 0 Å². The topological polar surface area (TPSA) is 73.0 Å². The SMILES string of the molecule is Cc1nn(C)cc1C(C)NC(=O)c1cc(-c2ccccc2)on1. The standard InChI is InChI=1S/C17H18N4O2/c1-11(14-10-21(3)19-12(14)2)18-17(22)15-9-16(23-20-15)13-7-5-4-6-8-13/h4-11H,1-3H3,(H,18,22). The number of aromatic nitrogens is 3. The maximum atomic E-state index is 12.3. The van der Waals surface area contributed by atoms with Crippen molar-refractivity contribution in [2.75, 3.05) is 0 Å². The molecular formula is C17H18N4O2. The molecule has 2 aromatic heterocycles. The van der Waals surface area contributed by atoms with Gasteiger partial charge in [-0.15, -0.1) is 0 Å². The molecule has 0 aliphatic heterocycles. The van der Waals surface area contributed by atoms with E-state index >= 15 is 0 Å². The van der Waals surface area contributed by atoms with Crippen LogP contribution in [0, 0.1) is 6.92 Å². The first-order valence-electron chi connectivity index (χ1n) is 7.37. The average molecular weight is 310 g/mol. The van der Waals surface area contributed by atoms with E-state index in [4.69, 9.17) is 4.52 Å². The number of hydrogen-bond acceptors (Lipinski definition) is 4. The molecule has 1 amide bonds. The highest BCUT2D eigenvalue weighted by molar-refractivity contribution is 5.93. The monoisotopic (exact) mass is 310 g/mol. The highest BCUT2D eigenvalue weighted by Gasteiger charge is 2.18. The Morgan fingerprint density at radius 1 is 1.30 bits per heavy atom. The Hall–Kier alpha value is -2.89. The van der Waals surface area contributed by atoms with E-state index in [9.17, 15) is 4.79 Å². The van der Waals surface area contributed by atoms with Crippen molar-refractivity contribution in [1.29, 1.82) is 0 Å². The summed E-state index contributed by atoms with van der Waals surface area (Å²) in [7, 11) is 1.86. The van der Waals surface area contributed by atoms with Crippen molar-refractivity contribution in [2.24, 2.45) is 7.05 Å². The molecule has 0 fully saturated rings. The van der Waals surface area contributed by atoms with Gasteiger partial charge in [-0.1, -0.05) is 35.5 Å². The van der Waals surface area contributed by atoms with E-state index in [1.54, 1.807) is 10.7 Å². The van der Waals surface area contributed by atoms with Crippen LogP contribution < -0.4 is 5.32 Å². The lowest BCUT2D eigenvalue weighted by Crippen LogP contribution is -2.27. The van der Waals surface area contributed by atoms with Crippen LogP contribution in [0.3, 0.4) is 0 Å². The molecule has 1 aromatic carbocycles. The maximum Gasteiger partial charge on any atom is 0.273 e. The molecule has 0 radical (unpaired) electrons. The van der Waals surface area contributed by atoms with Gasteiger partial charge in [-0.2, -0.15) is 5.10 Å². The zero-order chi connectivity index (χ0) is 16.4. The third-order valence-corrected chi connectivity index (χ3v) is 3.67. The molecule has 2 heterocycles. The Kier molecular flexibility index (Phi) is 3.97. The van der Waals surface area contributed by atoms with Crippen molar-refractivity contribution in [2.45, 2.75) is 19.9 Å². The number of hydrogen-bond donors (Lipinski definition) is 1. The lowest BCUT2D eigenvalue weighted by atomic mass is 10.1. The number of carbonyl (C=O) groups excluding carboxylic acids is 1. The van der Waals surface area contributed by atoms with Crippen molar-refractivity contribution >= 4 is 5.91 Å². The van der Waals surface area contributed by atoms with Crippen molar-refractivity contribution in [1.82, 2.24) is 20.3 Å². The zero-order valence-corrected chi connectivity index (χ0v) is 13.3. The number of nitrogens with one attached hydrogen (secondary N) is 1. The molecule has 0 aliphatic carbocycles. The molecule has 1 atom stereocenters. The van der Waals surface area contributed by atoms with Crippen LogP contribution in [0.4, 0.5) is 0 Å². The molecule has 118 valence electrons. The first-order chi connectivity index (χ1) is 11.0. The minimum absolute atomic E-state index is 0.159. The number of rotatable bonds is 4. The molecule has 0 spiro atoms. The molecule has 1 N–H and O–H groups in total. The van der Waals surface area contributed by atoms with Gasteiger partial charge in [0, 0.05) is 30.4 Å². The molecule has 0 saturated heterocycles. The largest absolute Gasteiger partial charge is 0.355 e. The van der Waals surface area contributed by atoms with Gasteiger partial charge in [-0.3, -0.25) is 9.48 Å². The van der Waals surface area contributed by atoms with Crippen LogP contribution in [-0.4, -0.2) is 20.8 Å². The van der Waals surface area contributed by atoms with Crippen LogP contribution in [0.1, 0.15) is 34.7 Å². The van der Waals surface area contributed by atoms with E-state index in [-0.39, 0.29) is 17.6 Å². The quantitative estimate of drug-likeness (QED) is 0.804. The van der Waals surface area contributed by atoms with Gasteiger partial charge in [0.15, 0.2) is 11.5 Å². The van der Waals surface area contributed by atoms with Gasteiger partial charge >= 0.3 is 0 Å². The third kappa shape index (κ3) is 3.15. The first kappa shape index (κ1) is 15.0. The molecule has 1 unspecified atom stereocenters. The van der Waals surface area contributed by atoms with Gasteiger partial charge in [-0.05, 0) is 13.8 Å². The summed E-state index contributed by atoms with van der Waals surface area (Å²) in [4.78, 5) is 12.3. The second-order valence-corrected chi connectivity index (χ2v) is 5.48. The fourth-order valence-electron chi connectivity index (χ4n) is 2.51. The summed E-state index contributed by atoms with van der Waals surface area (Å²) >= 11 is 0. The molecule has 6 heteroatoms. The van der Waals surface area contributed by atoms with Crippen molar-refractivity contribution in [3.63, 3.8) is 0 Å². The number of carbonyl (C=O) groups is 1. The summed E-state index contributed by atoms with van der Waals surface area (Å²) in [5.74, 6) is 0.299. The lowest BCUT2D eigenvalue weighted by Gasteiger charge is -2.11. The summed E-state index contributed by atoms with van der Waals surface area (Å²) in [6.07, 6.45) is 1.90. The van der Waals surface area contributed by atoms with Crippen molar-refractivity contribution in [3.8, 4) is 11.3 Å². The molecule has 6 nitrogen and oxygen atoms in total. The Labute approximate surface area is 134 Å². The minimum Gasteiger partial charge on any atom is -0.355 e. The predicted molar refractivity (Wildman–Crippen MR) is 85.8 cm³/mol. The fraction of sp³-hybridized carbons (Fsp3) is 0.235. The Bertz CT molecular complexity index is 820. The molecular weight excluding hydrogens is 292 g/mol. The van der Waals surface area contributed by atoms with Crippen LogP contribution >= 0.6 is 0 Å². The van der Waals surface area contributed by atoms with Crippen LogP contribution in [0.5, 0.6) is 0 Å².